The Morgan fingerprint density at radius 1 is 1.32 bits per heavy atom. The van der Waals surface area contributed by atoms with Gasteiger partial charge in [0.15, 0.2) is 0 Å². The lowest BCUT2D eigenvalue weighted by molar-refractivity contribution is -0.128. The molecular weight excluding hydrogens is 248 g/mol. The maximum atomic E-state index is 11.7. The van der Waals surface area contributed by atoms with Gasteiger partial charge < -0.3 is 10.2 Å². The summed E-state index contributed by atoms with van der Waals surface area (Å²) in [7, 11) is 4.75. The molecule has 1 aromatic rings. The smallest absolute Gasteiger partial charge is 0.330 e. The first-order valence-electron chi connectivity index (χ1n) is 6.09. The molecule has 0 aliphatic carbocycles. The van der Waals surface area contributed by atoms with Crippen LogP contribution in [0, 0.1) is 0 Å². The van der Waals surface area contributed by atoms with Crippen molar-refractivity contribution in [2.45, 2.75) is 13.5 Å². The number of aromatic nitrogens is 2. The number of rotatable bonds is 5. The van der Waals surface area contributed by atoms with Crippen LogP contribution in [0.15, 0.2) is 15.7 Å². The molecule has 0 radical (unpaired) electrons. The van der Waals surface area contributed by atoms with E-state index in [1.807, 2.05) is 6.92 Å². The summed E-state index contributed by atoms with van der Waals surface area (Å²) < 4.78 is 2.43. The molecule has 1 heterocycles. The Morgan fingerprint density at radius 3 is 2.53 bits per heavy atom. The number of carbonyl (C=O) groups is 1. The van der Waals surface area contributed by atoms with E-state index in [0.717, 1.165) is 4.57 Å². The molecular formula is C12H20N4O3. The monoisotopic (exact) mass is 268 g/mol. The molecule has 0 aliphatic rings. The van der Waals surface area contributed by atoms with Crippen molar-refractivity contribution in [3.8, 4) is 0 Å². The largest absolute Gasteiger partial charge is 0.345 e. The van der Waals surface area contributed by atoms with E-state index in [9.17, 15) is 14.4 Å². The number of likely N-dealkylation sites (N-methyl/N-ethyl adjacent to an activating group) is 1. The molecule has 0 bridgehead atoms. The summed E-state index contributed by atoms with van der Waals surface area (Å²) in [5.41, 5.74) is -0.168. The van der Waals surface area contributed by atoms with E-state index in [1.165, 1.54) is 17.7 Å². The predicted octanol–water partition coefficient (Wildman–Crippen LogP) is -1.35. The zero-order valence-corrected chi connectivity index (χ0v) is 11.8. The van der Waals surface area contributed by atoms with Crippen LogP contribution >= 0.6 is 0 Å². The highest BCUT2D eigenvalue weighted by Gasteiger charge is 2.08. The lowest BCUT2D eigenvalue weighted by atomic mass is 10.3. The molecule has 0 spiro atoms. The minimum atomic E-state index is -0.374. The second-order valence-corrected chi connectivity index (χ2v) is 4.39. The predicted molar refractivity (Wildman–Crippen MR) is 71.9 cm³/mol. The SMILES string of the molecule is CCN(C)C(=O)CNCc1cc(=O)n(C)c(=O)n1C. The molecule has 1 amide bonds. The lowest BCUT2D eigenvalue weighted by Gasteiger charge is -2.15. The molecule has 7 heteroatoms. The van der Waals surface area contributed by atoms with E-state index in [0.29, 0.717) is 18.8 Å². The molecule has 0 unspecified atom stereocenters. The average Bonchev–Trinajstić information content (AvgIpc) is 2.40. The summed E-state index contributed by atoms with van der Waals surface area (Å²) in [6.07, 6.45) is 0. The summed E-state index contributed by atoms with van der Waals surface area (Å²) in [4.78, 5) is 36.4. The number of amides is 1. The van der Waals surface area contributed by atoms with Crippen molar-refractivity contribution in [2.24, 2.45) is 14.1 Å². The summed E-state index contributed by atoms with van der Waals surface area (Å²) in [6, 6.07) is 1.39. The van der Waals surface area contributed by atoms with Gasteiger partial charge in [-0.05, 0) is 6.92 Å². The third-order valence-corrected chi connectivity index (χ3v) is 3.11. The van der Waals surface area contributed by atoms with E-state index in [1.54, 1.807) is 19.0 Å². The summed E-state index contributed by atoms with van der Waals surface area (Å²) in [5, 5.41) is 2.93. The molecule has 1 N–H and O–H groups in total. The zero-order valence-electron chi connectivity index (χ0n) is 11.8. The molecule has 0 fully saturated rings. The Morgan fingerprint density at radius 2 is 1.95 bits per heavy atom. The third-order valence-electron chi connectivity index (χ3n) is 3.11. The Bertz CT molecular complexity index is 573. The van der Waals surface area contributed by atoms with E-state index in [-0.39, 0.29) is 23.7 Å². The van der Waals surface area contributed by atoms with Crippen molar-refractivity contribution in [1.82, 2.24) is 19.4 Å². The number of hydrogen-bond acceptors (Lipinski definition) is 4. The summed E-state index contributed by atoms with van der Waals surface area (Å²) >= 11 is 0. The van der Waals surface area contributed by atoms with Crippen molar-refractivity contribution in [3.05, 3.63) is 32.6 Å². The van der Waals surface area contributed by atoms with E-state index >= 15 is 0 Å². The summed E-state index contributed by atoms with van der Waals surface area (Å²) in [5.74, 6) is -0.0312. The van der Waals surface area contributed by atoms with E-state index in [2.05, 4.69) is 5.32 Å². The van der Waals surface area contributed by atoms with Crippen LogP contribution in [0.25, 0.3) is 0 Å². The Kier molecular flexibility index (Phi) is 5.05. The minimum absolute atomic E-state index is 0.0312. The number of nitrogens with zero attached hydrogens (tertiary/aromatic N) is 3. The van der Waals surface area contributed by atoms with Crippen molar-refractivity contribution < 1.29 is 4.79 Å². The van der Waals surface area contributed by atoms with Gasteiger partial charge in [-0.2, -0.15) is 0 Å². The van der Waals surface area contributed by atoms with Gasteiger partial charge in [-0.25, -0.2) is 4.79 Å². The number of carbonyl (C=O) groups excluding carboxylic acids is 1. The molecule has 7 nitrogen and oxygen atoms in total. The third kappa shape index (κ3) is 3.54. The Labute approximate surface area is 111 Å². The van der Waals surface area contributed by atoms with Crippen molar-refractivity contribution in [1.29, 1.82) is 0 Å². The van der Waals surface area contributed by atoms with Gasteiger partial charge in [0, 0.05) is 46.0 Å². The maximum Gasteiger partial charge on any atom is 0.330 e. The first kappa shape index (κ1) is 15.2. The second kappa shape index (κ2) is 6.33. The van der Waals surface area contributed by atoms with Crippen LogP contribution in [0.2, 0.25) is 0 Å². The topological polar surface area (TPSA) is 76.3 Å². The second-order valence-electron chi connectivity index (χ2n) is 4.39. The standard InChI is InChI=1S/C12H20N4O3/c1-5-14(2)11(18)8-13-7-9-6-10(17)16(4)12(19)15(9)3/h6,13H,5,7-8H2,1-4H3. The Balaban J connectivity index is 2.72. The fourth-order valence-corrected chi connectivity index (χ4v) is 1.56. The fraction of sp³-hybridized carbons (Fsp3) is 0.583. The molecule has 0 saturated heterocycles. The van der Waals surface area contributed by atoms with E-state index in [4.69, 9.17) is 0 Å². The number of nitrogens with one attached hydrogen (secondary N) is 1. The van der Waals surface area contributed by atoms with Crippen molar-refractivity contribution >= 4 is 5.91 Å². The van der Waals surface area contributed by atoms with Gasteiger partial charge in [-0.15, -0.1) is 0 Å². The van der Waals surface area contributed by atoms with Crippen LogP contribution in [0.3, 0.4) is 0 Å². The van der Waals surface area contributed by atoms with Crippen molar-refractivity contribution in [3.63, 3.8) is 0 Å². The normalized spacial score (nSPS) is 10.5. The van der Waals surface area contributed by atoms with Crippen LogP contribution < -0.4 is 16.6 Å². The average molecular weight is 268 g/mol. The summed E-state index contributed by atoms with van der Waals surface area (Å²) in [6.45, 7) is 3.01. The first-order chi connectivity index (χ1) is 8.88. The highest BCUT2D eigenvalue weighted by Crippen LogP contribution is 1.90. The van der Waals surface area contributed by atoms with Crippen LogP contribution in [-0.2, 0) is 25.4 Å². The van der Waals surface area contributed by atoms with Gasteiger partial charge in [0.05, 0.1) is 6.54 Å². The van der Waals surface area contributed by atoms with Gasteiger partial charge in [-0.3, -0.25) is 18.7 Å². The quantitative estimate of drug-likeness (QED) is 0.716. The van der Waals surface area contributed by atoms with Gasteiger partial charge in [0.2, 0.25) is 5.91 Å². The molecule has 0 aliphatic heterocycles. The molecule has 106 valence electrons. The van der Waals surface area contributed by atoms with Crippen LogP contribution in [-0.4, -0.2) is 40.1 Å². The molecule has 19 heavy (non-hydrogen) atoms. The zero-order chi connectivity index (χ0) is 14.6. The van der Waals surface area contributed by atoms with Crippen molar-refractivity contribution in [2.75, 3.05) is 20.1 Å². The van der Waals surface area contributed by atoms with E-state index < -0.39 is 0 Å². The van der Waals surface area contributed by atoms with Gasteiger partial charge in [-0.1, -0.05) is 0 Å². The molecule has 1 rings (SSSR count). The van der Waals surface area contributed by atoms with Gasteiger partial charge in [0.25, 0.3) is 5.56 Å². The maximum absolute atomic E-state index is 11.7. The lowest BCUT2D eigenvalue weighted by Crippen LogP contribution is -2.40. The first-order valence-corrected chi connectivity index (χ1v) is 6.09. The molecule has 0 aromatic carbocycles. The van der Waals surface area contributed by atoms with Gasteiger partial charge in [0.1, 0.15) is 0 Å². The van der Waals surface area contributed by atoms with Crippen LogP contribution in [0.4, 0.5) is 0 Å². The minimum Gasteiger partial charge on any atom is -0.345 e. The highest BCUT2D eigenvalue weighted by molar-refractivity contribution is 5.77. The fourth-order valence-electron chi connectivity index (χ4n) is 1.56. The molecule has 0 atom stereocenters. The van der Waals surface area contributed by atoms with Crippen LogP contribution in [0.1, 0.15) is 12.6 Å². The Hall–Kier alpha value is -1.89. The number of hydrogen-bond donors (Lipinski definition) is 1. The van der Waals surface area contributed by atoms with Gasteiger partial charge >= 0.3 is 5.69 Å². The molecule has 1 aromatic heterocycles. The molecule has 0 saturated carbocycles. The highest BCUT2D eigenvalue weighted by atomic mass is 16.2. The van der Waals surface area contributed by atoms with Crippen LogP contribution in [0.5, 0.6) is 0 Å².